The lowest BCUT2D eigenvalue weighted by Gasteiger charge is -2.31. The van der Waals surface area contributed by atoms with Gasteiger partial charge < -0.3 is 19.1 Å². The third kappa shape index (κ3) is 4.81. The number of ether oxygens (including phenoxy) is 3. The van der Waals surface area contributed by atoms with Crippen molar-refractivity contribution < 1.29 is 23.8 Å². The van der Waals surface area contributed by atoms with E-state index in [9.17, 15) is 9.59 Å². The van der Waals surface area contributed by atoms with Crippen molar-refractivity contribution in [1.82, 2.24) is 4.90 Å². The lowest BCUT2D eigenvalue weighted by atomic mass is 9.99. The van der Waals surface area contributed by atoms with Crippen molar-refractivity contribution in [3.63, 3.8) is 0 Å². The molecule has 0 spiro atoms. The van der Waals surface area contributed by atoms with Crippen molar-refractivity contribution in [3.8, 4) is 11.5 Å². The molecular formula is C30H31NO5. The van der Waals surface area contributed by atoms with Crippen LogP contribution in [0.5, 0.6) is 11.5 Å². The molecule has 1 aliphatic carbocycles. The number of hydrogen-bond acceptors (Lipinski definition) is 5. The number of fused-ring (bicyclic) bond motifs is 2. The van der Waals surface area contributed by atoms with E-state index in [0.717, 1.165) is 40.3 Å². The van der Waals surface area contributed by atoms with E-state index in [2.05, 4.69) is 12.1 Å². The SMILES string of the molecule is COC(=O)c1ccc2cc(CN(Cc3ccc4c(c3OC)OC(C)(C)C=C4)C(=O)C3CC3)ccc2c1. The van der Waals surface area contributed by atoms with E-state index in [4.69, 9.17) is 14.2 Å². The van der Waals surface area contributed by atoms with Gasteiger partial charge in [-0.25, -0.2) is 4.79 Å². The number of amides is 1. The molecule has 3 aromatic rings. The van der Waals surface area contributed by atoms with Crippen LogP contribution >= 0.6 is 0 Å². The minimum absolute atomic E-state index is 0.0924. The number of carbonyl (C=O) groups is 2. The Bertz CT molecular complexity index is 1370. The highest BCUT2D eigenvalue weighted by Gasteiger charge is 2.34. The van der Waals surface area contributed by atoms with Gasteiger partial charge in [0.2, 0.25) is 5.91 Å². The molecule has 3 aromatic carbocycles. The zero-order valence-electron chi connectivity index (χ0n) is 21.2. The first-order valence-electron chi connectivity index (χ1n) is 12.3. The first-order valence-corrected chi connectivity index (χ1v) is 12.3. The largest absolute Gasteiger partial charge is 0.492 e. The number of hydrogen-bond donors (Lipinski definition) is 0. The van der Waals surface area contributed by atoms with E-state index in [1.165, 1.54) is 7.11 Å². The van der Waals surface area contributed by atoms with Gasteiger partial charge in [-0.1, -0.05) is 36.4 Å². The van der Waals surface area contributed by atoms with Crippen LogP contribution in [0, 0.1) is 5.92 Å². The van der Waals surface area contributed by atoms with Crippen LogP contribution in [-0.2, 0) is 22.6 Å². The van der Waals surface area contributed by atoms with Crippen LogP contribution < -0.4 is 9.47 Å². The lowest BCUT2D eigenvalue weighted by Crippen LogP contribution is -2.32. The Morgan fingerprint density at radius 2 is 1.75 bits per heavy atom. The Hall–Kier alpha value is -3.80. The minimum Gasteiger partial charge on any atom is -0.492 e. The normalized spacial score (nSPS) is 15.7. The molecule has 0 aromatic heterocycles. The number of rotatable bonds is 7. The van der Waals surface area contributed by atoms with Crippen LogP contribution in [0.1, 0.15) is 53.7 Å². The lowest BCUT2D eigenvalue weighted by molar-refractivity contribution is -0.133. The highest BCUT2D eigenvalue weighted by Crippen LogP contribution is 2.42. The second-order valence-electron chi connectivity index (χ2n) is 10.1. The van der Waals surface area contributed by atoms with Gasteiger partial charge in [-0.15, -0.1) is 0 Å². The van der Waals surface area contributed by atoms with Crippen LogP contribution in [0.15, 0.2) is 54.6 Å². The van der Waals surface area contributed by atoms with Gasteiger partial charge in [0.05, 0.1) is 19.8 Å². The highest BCUT2D eigenvalue weighted by molar-refractivity contribution is 5.95. The zero-order chi connectivity index (χ0) is 25.4. The number of nitrogens with zero attached hydrogens (tertiary/aromatic N) is 1. The van der Waals surface area contributed by atoms with Crippen molar-refractivity contribution in [2.45, 2.75) is 45.4 Å². The van der Waals surface area contributed by atoms with Crippen LogP contribution in [0.4, 0.5) is 0 Å². The number of carbonyl (C=O) groups excluding carboxylic acids is 2. The quantitative estimate of drug-likeness (QED) is 0.398. The summed E-state index contributed by atoms with van der Waals surface area (Å²) in [6.45, 7) is 4.93. The molecule has 1 saturated carbocycles. The Balaban J connectivity index is 1.44. The smallest absolute Gasteiger partial charge is 0.337 e. The third-order valence-electron chi connectivity index (χ3n) is 6.76. The zero-order valence-corrected chi connectivity index (χ0v) is 21.2. The van der Waals surface area contributed by atoms with Crippen LogP contribution in [-0.4, -0.2) is 36.6 Å². The third-order valence-corrected chi connectivity index (χ3v) is 6.76. The first-order chi connectivity index (χ1) is 17.3. The van der Waals surface area contributed by atoms with E-state index < -0.39 is 5.60 Å². The van der Waals surface area contributed by atoms with Gasteiger partial charge in [0.15, 0.2) is 11.5 Å². The van der Waals surface area contributed by atoms with Crippen molar-refractivity contribution in [3.05, 3.63) is 76.9 Å². The van der Waals surface area contributed by atoms with Crippen molar-refractivity contribution in [2.24, 2.45) is 5.92 Å². The minimum atomic E-state index is -0.429. The summed E-state index contributed by atoms with van der Waals surface area (Å²) in [5, 5.41) is 1.96. The predicted molar refractivity (Wildman–Crippen MR) is 139 cm³/mol. The Kier molecular flexibility index (Phi) is 6.20. The molecule has 1 aliphatic heterocycles. The summed E-state index contributed by atoms with van der Waals surface area (Å²) in [6.07, 6.45) is 5.96. The van der Waals surface area contributed by atoms with Crippen LogP contribution in [0.2, 0.25) is 0 Å². The maximum Gasteiger partial charge on any atom is 0.337 e. The van der Waals surface area contributed by atoms with Gasteiger partial charge >= 0.3 is 5.97 Å². The molecular weight excluding hydrogens is 454 g/mol. The molecule has 5 rings (SSSR count). The molecule has 186 valence electrons. The van der Waals surface area contributed by atoms with Crippen molar-refractivity contribution in [2.75, 3.05) is 14.2 Å². The molecule has 0 N–H and O–H groups in total. The van der Waals surface area contributed by atoms with Gasteiger partial charge in [0.25, 0.3) is 0 Å². The number of esters is 1. The second-order valence-corrected chi connectivity index (χ2v) is 10.1. The Morgan fingerprint density at radius 1 is 1.00 bits per heavy atom. The van der Waals surface area contributed by atoms with Gasteiger partial charge in [-0.2, -0.15) is 0 Å². The Labute approximate surface area is 211 Å². The van der Waals surface area contributed by atoms with Gasteiger partial charge in [-0.3, -0.25) is 4.79 Å². The van der Waals surface area contributed by atoms with Gasteiger partial charge in [0, 0.05) is 30.1 Å². The Morgan fingerprint density at radius 3 is 2.47 bits per heavy atom. The molecule has 1 heterocycles. The molecule has 1 amide bonds. The summed E-state index contributed by atoms with van der Waals surface area (Å²) in [5.74, 6) is 1.29. The average Bonchev–Trinajstić information content (AvgIpc) is 3.72. The summed E-state index contributed by atoms with van der Waals surface area (Å²) in [5.41, 5.74) is 3.00. The molecule has 0 saturated heterocycles. The second kappa shape index (κ2) is 9.34. The summed E-state index contributed by atoms with van der Waals surface area (Å²) >= 11 is 0. The standard InChI is InChI=1S/C30H31NO5/c1-30(2)14-13-20-7-12-25(26(34-3)27(20)36-30)18-31(28(32)21-8-9-21)17-19-5-6-23-16-24(29(33)35-4)11-10-22(23)15-19/h5-7,10-16,21H,8-9,17-18H2,1-4H3. The molecule has 2 aliphatic rings. The summed E-state index contributed by atoms with van der Waals surface area (Å²) in [4.78, 5) is 27.1. The van der Waals surface area contributed by atoms with Crippen LogP contribution in [0.3, 0.4) is 0 Å². The van der Waals surface area contributed by atoms with Gasteiger partial charge in [-0.05, 0) is 67.3 Å². The van der Waals surface area contributed by atoms with E-state index >= 15 is 0 Å². The topological polar surface area (TPSA) is 65.1 Å². The summed E-state index contributed by atoms with van der Waals surface area (Å²) < 4.78 is 16.9. The van der Waals surface area contributed by atoms with E-state index in [1.807, 2.05) is 61.2 Å². The highest BCUT2D eigenvalue weighted by atomic mass is 16.5. The molecule has 6 nitrogen and oxygen atoms in total. The maximum atomic E-state index is 13.3. The summed E-state index contributed by atoms with van der Waals surface area (Å²) in [6, 6.07) is 15.6. The average molecular weight is 486 g/mol. The van der Waals surface area contributed by atoms with Crippen molar-refractivity contribution >= 4 is 28.7 Å². The first kappa shape index (κ1) is 23.9. The molecule has 1 fully saturated rings. The monoisotopic (exact) mass is 485 g/mol. The van der Waals surface area contributed by atoms with E-state index in [-0.39, 0.29) is 17.8 Å². The molecule has 0 bridgehead atoms. The number of methoxy groups -OCH3 is 2. The summed E-state index contributed by atoms with van der Waals surface area (Å²) in [7, 11) is 3.02. The van der Waals surface area contributed by atoms with E-state index in [1.54, 1.807) is 13.2 Å². The molecule has 36 heavy (non-hydrogen) atoms. The molecule has 0 radical (unpaired) electrons. The van der Waals surface area contributed by atoms with Gasteiger partial charge in [0.1, 0.15) is 5.60 Å². The fourth-order valence-corrected chi connectivity index (χ4v) is 4.66. The van der Waals surface area contributed by atoms with E-state index in [0.29, 0.717) is 30.2 Å². The fraction of sp³-hybridized carbons (Fsp3) is 0.333. The predicted octanol–water partition coefficient (Wildman–Crippen LogP) is 5.76. The van der Waals surface area contributed by atoms with Crippen LogP contribution in [0.25, 0.3) is 16.8 Å². The molecule has 0 atom stereocenters. The van der Waals surface area contributed by atoms with Crippen molar-refractivity contribution in [1.29, 1.82) is 0 Å². The fourth-order valence-electron chi connectivity index (χ4n) is 4.66. The molecule has 6 heteroatoms. The maximum absolute atomic E-state index is 13.3. The molecule has 0 unspecified atom stereocenters. The number of benzene rings is 3.